The Balaban J connectivity index is 1.69. The molecule has 0 saturated carbocycles. The van der Waals surface area contributed by atoms with Gasteiger partial charge in [-0.1, -0.05) is 43.4 Å². The maximum Gasteiger partial charge on any atom is 0.264 e. The highest BCUT2D eigenvalue weighted by molar-refractivity contribution is 7.90. The third-order valence-electron chi connectivity index (χ3n) is 4.46. The van der Waals surface area contributed by atoms with Gasteiger partial charge in [0.1, 0.15) is 5.75 Å². The second kappa shape index (κ2) is 8.28. The first-order valence-corrected chi connectivity index (χ1v) is 11.6. The number of rotatable bonds is 7. The van der Waals surface area contributed by atoms with Crippen LogP contribution in [0.25, 0.3) is 10.2 Å². The molecule has 6 nitrogen and oxygen atoms in total. The quantitative estimate of drug-likeness (QED) is 0.621. The van der Waals surface area contributed by atoms with E-state index in [1.54, 1.807) is 12.1 Å². The van der Waals surface area contributed by atoms with E-state index >= 15 is 0 Å². The summed E-state index contributed by atoms with van der Waals surface area (Å²) >= 11 is 1.23. The van der Waals surface area contributed by atoms with E-state index in [4.69, 9.17) is 4.74 Å². The van der Waals surface area contributed by atoms with Gasteiger partial charge >= 0.3 is 0 Å². The summed E-state index contributed by atoms with van der Waals surface area (Å²) in [5.74, 6) is 0.725. The number of para-hydroxylation sites is 1. The first kappa shape index (κ1) is 20.3. The normalized spacial score (nSPS) is 12.7. The van der Waals surface area contributed by atoms with Gasteiger partial charge in [0.05, 0.1) is 15.1 Å². The number of carbonyl (C=O) groups excluding carboxylic acids is 1. The Morgan fingerprint density at radius 1 is 1.25 bits per heavy atom. The highest BCUT2D eigenvalue weighted by atomic mass is 32.2. The van der Waals surface area contributed by atoms with Crippen LogP contribution in [0.1, 0.15) is 31.7 Å². The van der Waals surface area contributed by atoms with Crippen LogP contribution in [0.15, 0.2) is 47.4 Å². The van der Waals surface area contributed by atoms with E-state index in [1.807, 2.05) is 24.3 Å². The minimum Gasteiger partial charge on any atom is -0.483 e. The summed E-state index contributed by atoms with van der Waals surface area (Å²) in [7, 11) is -3.29. The third kappa shape index (κ3) is 4.69. The Bertz CT molecular complexity index is 1110. The number of thiazole rings is 1. The molecule has 3 aromatic rings. The van der Waals surface area contributed by atoms with Crippen molar-refractivity contribution in [3.05, 3.63) is 48.0 Å². The Labute approximate surface area is 168 Å². The first-order chi connectivity index (χ1) is 13.3. The van der Waals surface area contributed by atoms with Gasteiger partial charge in [-0.2, -0.15) is 0 Å². The van der Waals surface area contributed by atoms with E-state index in [2.05, 4.69) is 24.1 Å². The number of anilines is 1. The van der Waals surface area contributed by atoms with Crippen LogP contribution in [0.5, 0.6) is 5.75 Å². The van der Waals surface area contributed by atoms with Crippen LogP contribution < -0.4 is 10.1 Å². The molecule has 1 unspecified atom stereocenters. The molecule has 0 aliphatic rings. The molecular formula is C20H22N2O4S2. The molecule has 0 bridgehead atoms. The molecule has 0 fully saturated rings. The van der Waals surface area contributed by atoms with Crippen molar-refractivity contribution < 1.29 is 17.9 Å². The Morgan fingerprint density at radius 2 is 2.00 bits per heavy atom. The molecule has 0 saturated heterocycles. The molecule has 1 aromatic heterocycles. The minimum absolute atomic E-state index is 0.127. The number of carbonyl (C=O) groups is 1. The maximum absolute atomic E-state index is 12.3. The lowest BCUT2D eigenvalue weighted by molar-refractivity contribution is -0.118. The van der Waals surface area contributed by atoms with E-state index in [-0.39, 0.29) is 17.4 Å². The molecule has 1 heterocycles. The lowest BCUT2D eigenvalue weighted by atomic mass is 9.98. The second-order valence-electron chi connectivity index (χ2n) is 6.60. The zero-order chi connectivity index (χ0) is 20.3. The summed E-state index contributed by atoms with van der Waals surface area (Å²) in [6.07, 6.45) is 2.14. The summed E-state index contributed by atoms with van der Waals surface area (Å²) < 4.78 is 29.8. The predicted octanol–water partition coefficient (Wildman–Crippen LogP) is 4.23. The maximum atomic E-state index is 12.3. The SMILES string of the molecule is CCC(C)c1ccccc1OCC(=O)Nc1nc2ccc(S(C)(=O)=O)cc2s1. The molecular weight excluding hydrogens is 396 g/mol. The van der Waals surface area contributed by atoms with Gasteiger partial charge in [-0.25, -0.2) is 13.4 Å². The number of sulfone groups is 1. The molecule has 148 valence electrons. The van der Waals surface area contributed by atoms with Gasteiger partial charge in [-0.3, -0.25) is 10.1 Å². The van der Waals surface area contributed by atoms with Crippen LogP contribution in [0.2, 0.25) is 0 Å². The first-order valence-electron chi connectivity index (χ1n) is 8.90. The second-order valence-corrected chi connectivity index (χ2v) is 9.65. The number of ether oxygens (including phenoxy) is 1. The average molecular weight is 419 g/mol. The van der Waals surface area contributed by atoms with Crippen molar-refractivity contribution in [2.24, 2.45) is 0 Å². The van der Waals surface area contributed by atoms with Crippen LogP contribution in [0.4, 0.5) is 5.13 Å². The molecule has 1 atom stereocenters. The number of hydrogen-bond acceptors (Lipinski definition) is 6. The monoisotopic (exact) mass is 418 g/mol. The topological polar surface area (TPSA) is 85.4 Å². The molecule has 8 heteroatoms. The Kier molecular flexibility index (Phi) is 6.00. The number of fused-ring (bicyclic) bond motifs is 1. The molecule has 0 radical (unpaired) electrons. The van der Waals surface area contributed by atoms with Gasteiger partial charge in [0.15, 0.2) is 21.6 Å². The Morgan fingerprint density at radius 3 is 2.71 bits per heavy atom. The molecule has 0 aliphatic heterocycles. The van der Waals surface area contributed by atoms with Crippen molar-refractivity contribution in [2.45, 2.75) is 31.1 Å². The highest BCUT2D eigenvalue weighted by Gasteiger charge is 2.14. The highest BCUT2D eigenvalue weighted by Crippen LogP contribution is 2.29. The van der Waals surface area contributed by atoms with E-state index in [1.165, 1.54) is 17.4 Å². The van der Waals surface area contributed by atoms with Crippen molar-refractivity contribution in [1.82, 2.24) is 4.98 Å². The standard InChI is InChI=1S/C20H22N2O4S2/c1-4-13(2)15-7-5-6-8-17(15)26-12-19(23)22-20-21-16-10-9-14(28(3,24)25)11-18(16)27-20/h5-11,13H,4,12H2,1-3H3,(H,21,22,23). The molecule has 0 spiro atoms. The van der Waals surface area contributed by atoms with Crippen molar-refractivity contribution in [3.63, 3.8) is 0 Å². The van der Waals surface area contributed by atoms with Gasteiger partial charge in [0, 0.05) is 6.26 Å². The fourth-order valence-corrected chi connectivity index (χ4v) is 4.37. The van der Waals surface area contributed by atoms with E-state index in [0.29, 0.717) is 27.0 Å². The van der Waals surface area contributed by atoms with Gasteiger partial charge in [0.25, 0.3) is 5.91 Å². The van der Waals surface area contributed by atoms with Crippen molar-refractivity contribution in [1.29, 1.82) is 0 Å². The number of nitrogens with one attached hydrogen (secondary N) is 1. The zero-order valence-corrected chi connectivity index (χ0v) is 17.6. The van der Waals surface area contributed by atoms with E-state index < -0.39 is 9.84 Å². The lowest BCUT2D eigenvalue weighted by Crippen LogP contribution is -2.20. The van der Waals surface area contributed by atoms with Gasteiger partial charge in [-0.05, 0) is 42.2 Å². The van der Waals surface area contributed by atoms with Gasteiger partial charge in [-0.15, -0.1) is 0 Å². The van der Waals surface area contributed by atoms with Crippen LogP contribution in [-0.4, -0.2) is 32.2 Å². The zero-order valence-electron chi connectivity index (χ0n) is 15.9. The van der Waals surface area contributed by atoms with E-state index in [9.17, 15) is 13.2 Å². The van der Waals surface area contributed by atoms with Crippen LogP contribution >= 0.6 is 11.3 Å². The largest absolute Gasteiger partial charge is 0.483 e. The molecule has 1 N–H and O–H groups in total. The average Bonchev–Trinajstić information content (AvgIpc) is 3.06. The molecule has 2 aromatic carbocycles. The summed E-state index contributed by atoms with van der Waals surface area (Å²) in [5.41, 5.74) is 1.71. The summed E-state index contributed by atoms with van der Waals surface area (Å²) in [6, 6.07) is 12.4. The fourth-order valence-electron chi connectivity index (χ4n) is 2.73. The molecule has 3 rings (SSSR count). The van der Waals surface area contributed by atoms with Crippen LogP contribution in [0.3, 0.4) is 0 Å². The van der Waals surface area contributed by atoms with Crippen molar-refractivity contribution >= 4 is 42.4 Å². The number of hydrogen-bond donors (Lipinski definition) is 1. The van der Waals surface area contributed by atoms with Crippen molar-refractivity contribution in [3.8, 4) is 5.75 Å². The van der Waals surface area contributed by atoms with Crippen molar-refractivity contribution in [2.75, 3.05) is 18.2 Å². The smallest absolute Gasteiger partial charge is 0.264 e. The van der Waals surface area contributed by atoms with Crippen LogP contribution in [0, 0.1) is 0 Å². The minimum atomic E-state index is -3.29. The fraction of sp³-hybridized carbons (Fsp3) is 0.300. The molecule has 28 heavy (non-hydrogen) atoms. The predicted molar refractivity (Wildman–Crippen MR) is 112 cm³/mol. The lowest BCUT2D eigenvalue weighted by Gasteiger charge is -2.15. The summed E-state index contributed by atoms with van der Waals surface area (Å²) in [4.78, 5) is 16.8. The molecule has 0 aliphatic carbocycles. The number of nitrogens with zero attached hydrogens (tertiary/aromatic N) is 1. The van der Waals surface area contributed by atoms with Gasteiger partial charge in [0.2, 0.25) is 0 Å². The van der Waals surface area contributed by atoms with Crippen LogP contribution in [-0.2, 0) is 14.6 Å². The number of aromatic nitrogens is 1. The Hall–Kier alpha value is -2.45. The third-order valence-corrected chi connectivity index (χ3v) is 6.50. The number of benzene rings is 2. The number of amides is 1. The summed E-state index contributed by atoms with van der Waals surface area (Å²) in [5, 5.41) is 3.12. The van der Waals surface area contributed by atoms with E-state index in [0.717, 1.165) is 18.2 Å². The van der Waals surface area contributed by atoms with Gasteiger partial charge < -0.3 is 4.74 Å². The molecule has 1 amide bonds. The summed E-state index contributed by atoms with van der Waals surface area (Å²) in [6.45, 7) is 4.10.